The van der Waals surface area contributed by atoms with Crippen LogP contribution < -0.4 is 5.32 Å². The molecule has 6 aliphatic rings. The number of rotatable bonds is 15. The second-order valence-electron chi connectivity index (χ2n) is 17.0. The number of esters is 2. The molecule has 1 heterocycles. The highest BCUT2D eigenvalue weighted by molar-refractivity contribution is 6.02. The second-order valence-corrected chi connectivity index (χ2v) is 17.0. The maximum atomic E-state index is 14.1. The van der Waals surface area contributed by atoms with Crippen molar-refractivity contribution in [2.75, 3.05) is 60.1 Å². The van der Waals surface area contributed by atoms with E-state index in [4.69, 9.17) is 28.4 Å². The Balaban J connectivity index is 1.21. The maximum Gasteiger partial charge on any atom is 0.340 e. The first-order valence-corrected chi connectivity index (χ1v) is 19.9. The van der Waals surface area contributed by atoms with E-state index in [0.29, 0.717) is 38.2 Å². The van der Waals surface area contributed by atoms with Crippen molar-refractivity contribution in [1.29, 1.82) is 0 Å². The minimum absolute atomic E-state index is 0.0391. The third-order valence-electron chi connectivity index (χ3n) is 14.9. The molecule has 14 atom stereocenters. The molecule has 0 aromatic heterocycles. The number of likely N-dealkylation sites (tertiary alicyclic amines) is 1. The number of hydrogen-bond acceptors (Lipinski definition) is 12. The third kappa shape index (κ3) is 5.39. The number of nitrogens with one attached hydrogen (secondary N) is 1. The molecular weight excluding hydrogens is 696 g/mol. The van der Waals surface area contributed by atoms with E-state index in [-0.39, 0.29) is 67.0 Å². The first-order chi connectivity index (χ1) is 25.9. The van der Waals surface area contributed by atoms with Gasteiger partial charge in [0, 0.05) is 75.9 Å². The Bertz CT molecular complexity index is 1590. The largest absolute Gasteiger partial charge is 0.466 e. The molecule has 6 fully saturated rings. The molecule has 1 aliphatic heterocycles. The summed E-state index contributed by atoms with van der Waals surface area (Å²) in [6, 6.07) is 6.24. The van der Waals surface area contributed by atoms with E-state index < -0.39 is 57.9 Å². The van der Waals surface area contributed by atoms with E-state index in [2.05, 4.69) is 17.1 Å². The Hall–Kier alpha value is -2.65. The molecule has 1 saturated heterocycles. The van der Waals surface area contributed by atoms with Crippen molar-refractivity contribution in [2.45, 2.75) is 107 Å². The van der Waals surface area contributed by atoms with Crippen LogP contribution in [0.3, 0.4) is 0 Å². The molecule has 1 aromatic carbocycles. The zero-order valence-corrected chi connectivity index (χ0v) is 32.9. The molecule has 1 amide bonds. The maximum absolute atomic E-state index is 14.1. The molecule has 1 spiro atoms. The lowest BCUT2D eigenvalue weighted by atomic mass is 9.42. The van der Waals surface area contributed by atoms with Gasteiger partial charge >= 0.3 is 11.9 Å². The lowest BCUT2D eigenvalue weighted by Crippen LogP contribution is -2.82. The molecule has 5 aliphatic carbocycles. The van der Waals surface area contributed by atoms with Crippen LogP contribution in [0.25, 0.3) is 0 Å². The SMILES string of the molecule is CCCCOC(=O)CC(C)C(=O)Nc1ccccc1C(=O)OC[C@]12CCC(OC)C34C5CC6C(OC)C5[C@](O)(C[C@@H]6OC)[C@@](O)(C3N(CC)C1)[C@@H](OC)C42. The van der Waals surface area contributed by atoms with Crippen LogP contribution in [0.5, 0.6) is 0 Å². The molecule has 3 N–H and O–H groups in total. The Morgan fingerprint density at radius 3 is 2.44 bits per heavy atom. The van der Waals surface area contributed by atoms with Gasteiger partial charge in [-0.15, -0.1) is 0 Å². The predicted octanol–water partition coefficient (Wildman–Crippen LogP) is 3.44. The predicted molar refractivity (Wildman–Crippen MR) is 196 cm³/mol. The molecule has 300 valence electrons. The van der Waals surface area contributed by atoms with Gasteiger partial charge in [-0.1, -0.05) is 39.3 Å². The molecule has 7 rings (SSSR count). The van der Waals surface area contributed by atoms with Gasteiger partial charge in [-0.05, 0) is 50.3 Å². The van der Waals surface area contributed by atoms with Crippen LogP contribution in [0.15, 0.2) is 24.3 Å². The van der Waals surface area contributed by atoms with Gasteiger partial charge in [0.25, 0.3) is 0 Å². The monoisotopic (exact) mass is 756 g/mol. The molecule has 13 heteroatoms. The number of para-hydroxylation sites is 1. The molecule has 9 unspecified atom stereocenters. The highest BCUT2D eigenvalue weighted by Gasteiger charge is 2.91. The van der Waals surface area contributed by atoms with Crippen molar-refractivity contribution in [2.24, 2.45) is 40.4 Å². The lowest BCUT2D eigenvalue weighted by Gasteiger charge is -2.70. The van der Waals surface area contributed by atoms with Crippen LogP contribution in [0.4, 0.5) is 5.69 Å². The smallest absolute Gasteiger partial charge is 0.340 e. The van der Waals surface area contributed by atoms with Crippen LogP contribution in [0, 0.1) is 40.4 Å². The number of carbonyl (C=O) groups is 3. The average molecular weight is 757 g/mol. The summed E-state index contributed by atoms with van der Waals surface area (Å²) < 4.78 is 36.7. The van der Waals surface area contributed by atoms with Crippen LogP contribution in [0.1, 0.15) is 76.1 Å². The number of likely N-dealkylation sites (N-methyl/N-ethyl adjacent to an activating group) is 1. The Morgan fingerprint density at radius 2 is 1.78 bits per heavy atom. The number of ether oxygens (including phenoxy) is 6. The summed E-state index contributed by atoms with van der Waals surface area (Å²) in [5.74, 6) is -2.84. The summed E-state index contributed by atoms with van der Waals surface area (Å²) in [4.78, 5) is 41.9. The summed E-state index contributed by atoms with van der Waals surface area (Å²) in [5, 5.41) is 29.5. The summed E-state index contributed by atoms with van der Waals surface area (Å²) in [6.45, 7) is 7.23. The lowest BCUT2D eigenvalue weighted by molar-refractivity contribution is -0.320. The van der Waals surface area contributed by atoms with E-state index in [9.17, 15) is 24.6 Å². The Kier molecular flexibility index (Phi) is 10.8. The van der Waals surface area contributed by atoms with Crippen LogP contribution in [0.2, 0.25) is 0 Å². The van der Waals surface area contributed by atoms with Crippen molar-refractivity contribution in [1.82, 2.24) is 4.90 Å². The number of methoxy groups -OCH3 is 4. The Morgan fingerprint density at radius 1 is 1.02 bits per heavy atom. The molecular formula is C41H60N2O11. The van der Waals surface area contributed by atoms with Gasteiger partial charge in [-0.3, -0.25) is 14.5 Å². The number of benzene rings is 1. The normalized spacial score (nSPS) is 42.0. The summed E-state index contributed by atoms with van der Waals surface area (Å²) in [6.07, 6.45) is 2.29. The summed E-state index contributed by atoms with van der Waals surface area (Å²) >= 11 is 0. The zero-order chi connectivity index (χ0) is 38.8. The molecule has 5 saturated carbocycles. The first kappa shape index (κ1) is 39.6. The van der Waals surface area contributed by atoms with Crippen LogP contribution >= 0.6 is 0 Å². The summed E-state index contributed by atoms with van der Waals surface area (Å²) in [7, 11) is 6.71. The van der Waals surface area contributed by atoms with Crippen molar-refractivity contribution in [3.05, 3.63) is 29.8 Å². The van der Waals surface area contributed by atoms with Gasteiger partial charge in [-0.2, -0.15) is 0 Å². The van der Waals surface area contributed by atoms with E-state index in [0.717, 1.165) is 19.3 Å². The van der Waals surface area contributed by atoms with Gasteiger partial charge in [0.1, 0.15) is 11.2 Å². The number of aliphatic hydroxyl groups is 2. The van der Waals surface area contributed by atoms with Gasteiger partial charge in [0.15, 0.2) is 0 Å². The fraction of sp³-hybridized carbons (Fsp3) is 0.780. The molecule has 1 aromatic rings. The molecule has 0 radical (unpaired) electrons. The quantitative estimate of drug-likeness (QED) is 0.177. The average Bonchev–Trinajstić information content (AvgIpc) is 3.58. The van der Waals surface area contributed by atoms with Crippen molar-refractivity contribution < 1.29 is 53.0 Å². The van der Waals surface area contributed by atoms with Gasteiger partial charge in [-0.25, -0.2) is 4.79 Å². The van der Waals surface area contributed by atoms with Crippen molar-refractivity contribution >= 4 is 23.5 Å². The van der Waals surface area contributed by atoms with E-state index in [1.54, 1.807) is 59.6 Å². The highest BCUT2D eigenvalue weighted by atomic mass is 16.5. The first-order valence-electron chi connectivity index (χ1n) is 19.9. The number of piperidine rings is 1. The molecule has 13 nitrogen and oxygen atoms in total. The van der Waals surface area contributed by atoms with E-state index in [1.165, 1.54) is 0 Å². The third-order valence-corrected chi connectivity index (χ3v) is 14.9. The number of carbonyl (C=O) groups excluding carboxylic acids is 3. The molecule has 7 bridgehead atoms. The van der Waals surface area contributed by atoms with Crippen LogP contribution in [-0.2, 0) is 38.0 Å². The van der Waals surface area contributed by atoms with Gasteiger partial charge < -0.3 is 44.0 Å². The fourth-order valence-electron chi connectivity index (χ4n) is 13.0. The van der Waals surface area contributed by atoms with E-state index >= 15 is 0 Å². The van der Waals surface area contributed by atoms with Crippen molar-refractivity contribution in [3.8, 4) is 0 Å². The highest BCUT2D eigenvalue weighted by Crippen LogP contribution is 2.80. The number of unbranched alkanes of at least 4 members (excludes halogenated alkanes) is 1. The van der Waals surface area contributed by atoms with Crippen LogP contribution in [-0.4, -0.2) is 129 Å². The second kappa shape index (κ2) is 14.7. The minimum atomic E-state index is -1.70. The number of nitrogens with zero attached hydrogens (tertiary/aromatic N) is 1. The van der Waals surface area contributed by atoms with Crippen molar-refractivity contribution in [3.63, 3.8) is 0 Å². The summed E-state index contributed by atoms with van der Waals surface area (Å²) in [5.41, 5.74) is -4.07. The Labute approximate surface area is 318 Å². The fourth-order valence-corrected chi connectivity index (χ4v) is 13.0. The number of amides is 1. The van der Waals surface area contributed by atoms with E-state index in [1.807, 2.05) is 6.92 Å². The number of anilines is 1. The topological polar surface area (TPSA) is 162 Å². The number of fused-ring (bicyclic) bond motifs is 2. The minimum Gasteiger partial charge on any atom is -0.466 e. The molecule has 54 heavy (non-hydrogen) atoms. The van der Waals surface area contributed by atoms with Gasteiger partial charge in [0.2, 0.25) is 5.91 Å². The zero-order valence-electron chi connectivity index (χ0n) is 32.9. The number of hydrogen-bond donors (Lipinski definition) is 3. The van der Waals surface area contributed by atoms with Gasteiger partial charge in [0.05, 0.1) is 61.3 Å². The standard InChI is InChI=1S/C41H60N2O11/c1-8-10-17-53-30(44)18-23(3)35(45)42-27-14-12-11-13-24(27)36(46)54-22-38-16-15-29(50-5)40-26-19-25-28(49-4)20-39(47,31(26)32(25)51-6)41(48,34(52-7)33(38)40)37(40)43(9-2)21-38/h11-14,23,25-26,28-29,31-34,37,47-48H,8-10,15-22H2,1-7H3,(H,42,45)/t23?,25?,26?,28-,29?,31?,32?,33?,34-,37?,38-,39+,40?,41-/m0/s1.